The standard InChI is InChI=1S/C33H35F4NO8S2/c1-21(47(3,41)42)5-4-6-23-7-15-27(16-8-23)38-31(25-11-17-28(18-12-25)46-48(43,44)33(35,36)37)29(32(38)40)19-20-30(45-22(2)39)24-9-13-26(34)14-10-24/h7-18,21,29-31H,4-6,19-20H2,1-3H3/t21?,29?,30-,31+/m0/s1. The number of benzene rings is 3. The van der Waals surface area contributed by atoms with Gasteiger partial charge in [0.05, 0.1) is 17.2 Å². The number of hydrogen-bond acceptors (Lipinski definition) is 8. The SMILES string of the molecule is CC(=O)O[C@@H](CCC1C(=O)N(c2ccc(CCCC(C)S(C)(=O)=O)cc2)[C@@H]1c1ccc(OS(=O)(=O)C(F)(F)F)cc1)c1ccc(F)cc1. The highest BCUT2D eigenvalue weighted by Gasteiger charge is 2.50. The van der Waals surface area contributed by atoms with E-state index in [0.717, 1.165) is 17.7 Å². The van der Waals surface area contributed by atoms with Crippen LogP contribution in [0.4, 0.5) is 23.2 Å². The summed E-state index contributed by atoms with van der Waals surface area (Å²) >= 11 is 0. The Kier molecular flexibility index (Phi) is 11.2. The maximum Gasteiger partial charge on any atom is 0.534 e. The molecule has 0 aliphatic carbocycles. The van der Waals surface area contributed by atoms with Crippen molar-refractivity contribution in [2.24, 2.45) is 5.92 Å². The van der Waals surface area contributed by atoms with Crippen molar-refractivity contribution >= 4 is 37.5 Å². The van der Waals surface area contributed by atoms with Gasteiger partial charge >= 0.3 is 21.6 Å². The summed E-state index contributed by atoms with van der Waals surface area (Å²) in [7, 11) is -9.03. The number of β-lactam (4-membered cyclic amide) rings is 1. The van der Waals surface area contributed by atoms with E-state index in [4.69, 9.17) is 4.74 Å². The Morgan fingerprint density at radius 3 is 2.06 bits per heavy atom. The fraction of sp³-hybridized carbons (Fsp3) is 0.394. The second kappa shape index (κ2) is 14.6. The summed E-state index contributed by atoms with van der Waals surface area (Å²) in [5.74, 6) is -2.54. The highest BCUT2D eigenvalue weighted by molar-refractivity contribution is 7.91. The highest BCUT2D eigenvalue weighted by atomic mass is 32.2. The number of ether oxygens (including phenoxy) is 1. The number of amides is 1. The molecule has 4 rings (SSSR count). The van der Waals surface area contributed by atoms with Crippen LogP contribution in [-0.2, 0) is 40.7 Å². The Hall–Kier alpha value is -3.98. The van der Waals surface area contributed by atoms with Gasteiger partial charge in [0.15, 0.2) is 0 Å². The first-order valence-electron chi connectivity index (χ1n) is 15.0. The summed E-state index contributed by atoms with van der Waals surface area (Å²) < 4.78 is 108. The lowest BCUT2D eigenvalue weighted by atomic mass is 9.78. The maximum atomic E-state index is 13.6. The number of nitrogens with zero attached hydrogens (tertiary/aromatic N) is 1. The predicted molar refractivity (Wildman–Crippen MR) is 170 cm³/mol. The van der Waals surface area contributed by atoms with Crippen LogP contribution in [0.5, 0.6) is 5.75 Å². The quantitative estimate of drug-likeness (QED) is 0.0602. The molecule has 15 heteroatoms. The van der Waals surface area contributed by atoms with E-state index in [0.29, 0.717) is 36.1 Å². The Labute approximate surface area is 276 Å². The van der Waals surface area contributed by atoms with Crippen LogP contribution in [0.25, 0.3) is 0 Å². The van der Waals surface area contributed by atoms with Crippen LogP contribution in [0.2, 0.25) is 0 Å². The molecule has 2 unspecified atom stereocenters. The van der Waals surface area contributed by atoms with Gasteiger partial charge in [-0.05, 0) is 92.1 Å². The van der Waals surface area contributed by atoms with Crippen LogP contribution in [0.3, 0.4) is 0 Å². The Morgan fingerprint density at radius 1 is 0.917 bits per heavy atom. The van der Waals surface area contributed by atoms with Gasteiger partial charge in [0.2, 0.25) is 5.91 Å². The third-order valence-electron chi connectivity index (χ3n) is 8.24. The van der Waals surface area contributed by atoms with Crippen molar-refractivity contribution < 1.29 is 52.9 Å². The van der Waals surface area contributed by atoms with Crippen LogP contribution in [0, 0.1) is 11.7 Å². The largest absolute Gasteiger partial charge is 0.534 e. The molecule has 3 aromatic rings. The minimum absolute atomic E-state index is 0.196. The van der Waals surface area contributed by atoms with Crippen molar-refractivity contribution in [2.75, 3.05) is 11.2 Å². The van der Waals surface area contributed by atoms with Gasteiger partial charge in [-0.3, -0.25) is 9.59 Å². The fourth-order valence-electron chi connectivity index (χ4n) is 5.53. The summed E-state index contributed by atoms with van der Waals surface area (Å²) in [6.45, 7) is 2.89. The minimum Gasteiger partial charge on any atom is -0.458 e. The molecular weight excluding hydrogens is 678 g/mol. The van der Waals surface area contributed by atoms with E-state index in [1.807, 2.05) is 12.1 Å². The van der Waals surface area contributed by atoms with E-state index < -0.39 is 66.3 Å². The predicted octanol–water partition coefficient (Wildman–Crippen LogP) is 6.60. The zero-order valence-corrected chi connectivity index (χ0v) is 27.9. The third kappa shape index (κ3) is 8.92. The van der Waals surface area contributed by atoms with Crippen molar-refractivity contribution in [1.29, 1.82) is 0 Å². The number of carbonyl (C=O) groups is 2. The topological polar surface area (TPSA) is 124 Å². The number of anilines is 1. The summed E-state index contributed by atoms with van der Waals surface area (Å²) in [4.78, 5) is 27.0. The molecule has 9 nitrogen and oxygen atoms in total. The zero-order valence-electron chi connectivity index (χ0n) is 26.3. The zero-order chi connectivity index (χ0) is 35.4. The lowest BCUT2D eigenvalue weighted by molar-refractivity contribution is -0.147. The van der Waals surface area contributed by atoms with Crippen molar-refractivity contribution in [3.05, 3.63) is 95.3 Å². The van der Waals surface area contributed by atoms with E-state index in [1.54, 1.807) is 19.1 Å². The summed E-state index contributed by atoms with van der Waals surface area (Å²) in [5, 5.41) is -0.470. The van der Waals surface area contributed by atoms with E-state index in [-0.39, 0.29) is 18.7 Å². The van der Waals surface area contributed by atoms with E-state index in [2.05, 4.69) is 4.18 Å². The molecule has 260 valence electrons. The molecule has 48 heavy (non-hydrogen) atoms. The van der Waals surface area contributed by atoms with E-state index >= 15 is 0 Å². The van der Waals surface area contributed by atoms with Crippen LogP contribution in [0.15, 0.2) is 72.8 Å². The molecule has 0 saturated carbocycles. The van der Waals surface area contributed by atoms with Crippen LogP contribution in [-0.4, -0.2) is 45.7 Å². The molecule has 0 N–H and O–H groups in total. The maximum absolute atomic E-state index is 13.6. The number of rotatable bonds is 14. The lowest BCUT2D eigenvalue weighted by Crippen LogP contribution is -2.55. The fourth-order valence-corrected chi connectivity index (χ4v) is 6.58. The second-order valence-corrected chi connectivity index (χ2v) is 15.7. The molecule has 3 aromatic carbocycles. The Morgan fingerprint density at radius 2 is 1.52 bits per heavy atom. The van der Waals surface area contributed by atoms with Crippen molar-refractivity contribution in [3.63, 3.8) is 0 Å². The molecular formula is C33H35F4NO8S2. The van der Waals surface area contributed by atoms with Crippen molar-refractivity contribution in [1.82, 2.24) is 0 Å². The molecule has 1 amide bonds. The van der Waals surface area contributed by atoms with Gasteiger partial charge in [0.1, 0.15) is 27.5 Å². The first-order chi connectivity index (χ1) is 22.4. The first-order valence-corrected chi connectivity index (χ1v) is 18.4. The smallest absolute Gasteiger partial charge is 0.458 e. The monoisotopic (exact) mass is 713 g/mol. The molecule has 0 aromatic heterocycles. The average Bonchev–Trinajstić information content (AvgIpc) is 2.99. The number of hydrogen-bond donors (Lipinski definition) is 0. The van der Waals surface area contributed by atoms with Gasteiger partial charge in [-0.2, -0.15) is 21.6 Å². The van der Waals surface area contributed by atoms with Gasteiger partial charge in [-0.25, -0.2) is 12.8 Å². The number of esters is 1. The molecule has 4 atom stereocenters. The van der Waals surface area contributed by atoms with Crippen LogP contribution < -0.4 is 9.08 Å². The van der Waals surface area contributed by atoms with Gasteiger partial charge in [-0.1, -0.05) is 36.4 Å². The second-order valence-electron chi connectivity index (χ2n) is 11.7. The summed E-state index contributed by atoms with van der Waals surface area (Å²) in [6, 6.07) is 16.8. The average molecular weight is 714 g/mol. The van der Waals surface area contributed by atoms with Gasteiger partial charge in [0, 0.05) is 18.9 Å². The number of carbonyl (C=O) groups excluding carboxylic acids is 2. The van der Waals surface area contributed by atoms with Crippen LogP contribution >= 0.6 is 0 Å². The highest BCUT2D eigenvalue weighted by Crippen LogP contribution is 2.47. The molecule has 1 aliphatic rings. The number of alkyl halides is 3. The number of aryl methyl sites for hydroxylation is 1. The van der Waals surface area contributed by atoms with Crippen LogP contribution in [0.1, 0.15) is 68.4 Å². The molecule has 0 radical (unpaired) electrons. The number of sulfone groups is 1. The molecule has 1 fully saturated rings. The molecule has 0 bridgehead atoms. The van der Waals surface area contributed by atoms with E-state index in [1.165, 1.54) is 54.5 Å². The number of halogens is 4. The Bertz CT molecular complexity index is 1810. The van der Waals surface area contributed by atoms with Gasteiger partial charge in [-0.15, -0.1) is 0 Å². The lowest BCUT2D eigenvalue weighted by Gasteiger charge is -2.48. The molecule has 0 spiro atoms. The summed E-state index contributed by atoms with van der Waals surface area (Å²) in [5.41, 5.74) is -3.14. The van der Waals surface area contributed by atoms with Gasteiger partial charge < -0.3 is 13.8 Å². The minimum atomic E-state index is -5.89. The Balaban J connectivity index is 1.57. The first kappa shape index (κ1) is 36.8. The van der Waals surface area contributed by atoms with Crippen molar-refractivity contribution in [3.8, 4) is 5.75 Å². The third-order valence-corrected chi connectivity index (χ3v) is 10.9. The van der Waals surface area contributed by atoms with E-state index in [9.17, 15) is 44.0 Å². The van der Waals surface area contributed by atoms with Gasteiger partial charge in [0.25, 0.3) is 0 Å². The molecule has 1 aliphatic heterocycles. The normalized spacial score (nSPS) is 18.1. The van der Waals surface area contributed by atoms with Crippen molar-refractivity contribution in [2.45, 2.75) is 68.9 Å². The molecule has 1 saturated heterocycles. The molecule has 1 heterocycles. The summed E-state index contributed by atoms with van der Waals surface area (Å²) in [6.07, 6.45) is 2.57.